The van der Waals surface area contributed by atoms with E-state index in [4.69, 9.17) is 0 Å². The molecule has 5 heteroatoms. The van der Waals surface area contributed by atoms with E-state index in [0.29, 0.717) is 18.7 Å². The summed E-state index contributed by atoms with van der Waals surface area (Å²) in [6, 6.07) is 5.84. The summed E-state index contributed by atoms with van der Waals surface area (Å²) in [6.45, 7) is 8.15. The van der Waals surface area contributed by atoms with Gasteiger partial charge >= 0.3 is 0 Å². The van der Waals surface area contributed by atoms with Crippen molar-refractivity contribution < 1.29 is 9.59 Å². The monoisotopic (exact) mass is 299 g/mol. The second-order valence-electron chi connectivity index (χ2n) is 5.53. The molecule has 0 unspecified atom stereocenters. The van der Waals surface area contributed by atoms with E-state index in [1.807, 2.05) is 32.9 Å². The van der Waals surface area contributed by atoms with Gasteiger partial charge in [0, 0.05) is 31.1 Å². The Morgan fingerprint density at radius 3 is 2.41 bits per heavy atom. The highest BCUT2D eigenvalue weighted by atomic mass is 16.2. The van der Waals surface area contributed by atoms with Gasteiger partial charge in [0.15, 0.2) is 0 Å². The molecule has 0 bridgehead atoms. The second kappa shape index (κ2) is 6.56. The third-order valence-electron chi connectivity index (χ3n) is 3.41. The van der Waals surface area contributed by atoms with Gasteiger partial charge in [0.25, 0.3) is 5.91 Å². The van der Waals surface area contributed by atoms with Crippen LogP contribution in [-0.2, 0) is 4.79 Å². The fourth-order valence-electron chi connectivity index (χ4n) is 2.58. The lowest BCUT2D eigenvalue weighted by Crippen LogP contribution is -2.33. The Morgan fingerprint density at radius 2 is 1.73 bits per heavy atom. The molecule has 0 spiro atoms. The summed E-state index contributed by atoms with van der Waals surface area (Å²) < 4.78 is 0. The molecule has 0 saturated carbocycles. The van der Waals surface area contributed by atoms with Crippen LogP contribution in [0.2, 0.25) is 0 Å². The van der Waals surface area contributed by atoms with Gasteiger partial charge in [-0.25, -0.2) is 0 Å². The lowest BCUT2D eigenvalue weighted by Gasteiger charge is -2.12. The third kappa shape index (κ3) is 3.61. The number of hydrogen-bond acceptors (Lipinski definition) is 3. The molecule has 22 heavy (non-hydrogen) atoms. The molecule has 2 rings (SSSR count). The topological polar surface area (TPSA) is 71.1 Å². The first-order valence-corrected chi connectivity index (χ1v) is 7.29. The van der Waals surface area contributed by atoms with E-state index in [-0.39, 0.29) is 11.8 Å². The number of carbonyl (C=O) groups is 2. The number of hydrogen-bond donors (Lipinski definition) is 2. The minimum Gasteiger partial charge on any atom is -0.355 e. The maximum atomic E-state index is 12.4. The van der Waals surface area contributed by atoms with E-state index < -0.39 is 0 Å². The fourth-order valence-corrected chi connectivity index (χ4v) is 2.58. The maximum absolute atomic E-state index is 12.4. The van der Waals surface area contributed by atoms with Crippen LogP contribution in [0.25, 0.3) is 10.9 Å². The quantitative estimate of drug-likeness (QED) is 0.849. The molecule has 0 saturated heterocycles. The van der Waals surface area contributed by atoms with Crippen LogP contribution in [0, 0.1) is 20.8 Å². The van der Waals surface area contributed by atoms with Crippen molar-refractivity contribution >= 4 is 22.7 Å². The minimum absolute atomic E-state index is 0.106. The van der Waals surface area contributed by atoms with Gasteiger partial charge in [0.05, 0.1) is 11.1 Å². The Hall–Kier alpha value is -2.43. The fraction of sp³-hybridized carbons (Fsp3) is 0.353. The molecular formula is C17H21N3O2. The van der Waals surface area contributed by atoms with Crippen molar-refractivity contribution in [1.29, 1.82) is 0 Å². The zero-order chi connectivity index (χ0) is 16.3. The van der Waals surface area contributed by atoms with Crippen LogP contribution in [0.1, 0.15) is 34.1 Å². The number of benzene rings is 1. The highest BCUT2D eigenvalue weighted by Crippen LogP contribution is 2.23. The van der Waals surface area contributed by atoms with Crippen LogP contribution < -0.4 is 10.6 Å². The summed E-state index contributed by atoms with van der Waals surface area (Å²) in [5.74, 6) is -0.251. The summed E-state index contributed by atoms with van der Waals surface area (Å²) in [5, 5.41) is 6.37. The van der Waals surface area contributed by atoms with Crippen LogP contribution in [0.3, 0.4) is 0 Å². The Balaban J connectivity index is 2.30. The lowest BCUT2D eigenvalue weighted by atomic mass is 10.00. The normalized spacial score (nSPS) is 10.5. The highest BCUT2D eigenvalue weighted by Gasteiger charge is 2.14. The number of aromatic nitrogens is 1. The SMILES string of the molecule is CC(=O)NCCNC(=O)c1cc(C)nc2cc(C)cc(C)c12. The molecule has 2 aromatic rings. The summed E-state index contributed by atoms with van der Waals surface area (Å²) in [5.41, 5.74) is 4.44. The summed E-state index contributed by atoms with van der Waals surface area (Å²) >= 11 is 0. The molecular weight excluding hydrogens is 278 g/mol. The van der Waals surface area contributed by atoms with E-state index in [9.17, 15) is 9.59 Å². The molecule has 0 aliphatic rings. The average Bonchev–Trinajstić information content (AvgIpc) is 2.41. The minimum atomic E-state index is -0.146. The molecule has 2 N–H and O–H groups in total. The van der Waals surface area contributed by atoms with Crippen molar-refractivity contribution in [3.8, 4) is 0 Å². The second-order valence-corrected chi connectivity index (χ2v) is 5.53. The molecule has 2 amide bonds. The van der Waals surface area contributed by atoms with Gasteiger partial charge in [0.2, 0.25) is 5.91 Å². The Bertz CT molecular complexity index is 733. The van der Waals surface area contributed by atoms with Gasteiger partial charge in [-0.1, -0.05) is 6.07 Å². The average molecular weight is 299 g/mol. The number of pyridine rings is 1. The van der Waals surface area contributed by atoms with Gasteiger partial charge < -0.3 is 10.6 Å². The first-order chi connectivity index (χ1) is 10.4. The zero-order valence-corrected chi connectivity index (χ0v) is 13.4. The molecule has 5 nitrogen and oxygen atoms in total. The summed E-state index contributed by atoms with van der Waals surface area (Å²) in [4.78, 5) is 27.8. The van der Waals surface area contributed by atoms with Crippen LogP contribution >= 0.6 is 0 Å². The van der Waals surface area contributed by atoms with E-state index in [0.717, 1.165) is 27.7 Å². The number of amides is 2. The first kappa shape index (κ1) is 15.9. The van der Waals surface area contributed by atoms with Crippen LogP contribution in [0.4, 0.5) is 0 Å². The lowest BCUT2D eigenvalue weighted by molar-refractivity contribution is -0.118. The zero-order valence-electron chi connectivity index (χ0n) is 13.4. The van der Waals surface area contributed by atoms with Crippen molar-refractivity contribution in [2.45, 2.75) is 27.7 Å². The number of fused-ring (bicyclic) bond motifs is 1. The van der Waals surface area contributed by atoms with E-state index in [2.05, 4.69) is 15.6 Å². The van der Waals surface area contributed by atoms with E-state index >= 15 is 0 Å². The molecule has 0 aliphatic carbocycles. The predicted molar refractivity (Wildman–Crippen MR) is 87.0 cm³/mol. The Morgan fingerprint density at radius 1 is 1.05 bits per heavy atom. The molecule has 0 aliphatic heterocycles. The summed E-state index contributed by atoms with van der Waals surface area (Å²) in [7, 11) is 0. The van der Waals surface area contributed by atoms with Crippen molar-refractivity contribution in [1.82, 2.24) is 15.6 Å². The smallest absolute Gasteiger partial charge is 0.252 e. The van der Waals surface area contributed by atoms with Gasteiger partial charge in [0.1, 0.15) is 0 Å². The van der Waals surface area contributed by atoms with E-state index in [1.165, 1.54) is 6.92 Å². The molecule has 0 radical (unpaired) electrons. The maximum Gasteiger partial charge on any atom is 0.252 e. The van der Waals surface area contributed by atoms with Gasteiger partial charge in [-0.2, -0.15) is 0 Å². The molecule has 1 heterocycles. The largest absolute Gasteiger partial charge is 0.355 e. The van der Waals surface area contributed by atoms with Crippen molar-refractivity contribution in [2.24, 2.45) is 0 Å². The van der Waals surface area contributed by atoms with Gasteiger partial charge in [-0.05, 0) is 44.0 Å². The molecule has 1 aromatic carbocycles. The van der Waals surface area contributed by atoms with Crippen LogP contribution in [0.15, 0.2) is 18.2 Å². The summed E-state index contributed by atoms with van der Waals surface area (Å²) in [6.07, 6.45) is 0. The third-order valence-corrected chi connectivity index (χ3v) is 3.41. The Kier molecular flexibility index (Phi) is 4.75. The molecule has 0 atom stereocenters. The number of nitrogens with zero attached hydrogens (tertiary/aromatic N) is 1. The Labute approximate surface area is 130 Å². The van der Waals surface area contributed by atoms with Gasteiger partial charge in [-0.15, -0.1) is 0 Å². The van der Waals surface area contributed by atoms with Gasteiger partial charge in [-0.3, -0.25) is 14.6 Å². The predicted octanol–water partition coefficient (Wildman–Crippen LogP) is 2.03. The standard InChI is InChI=1S/C17H21N3O2/c1-10-7-11(2)16-14(9-12(3)20-15(16)8-10)17(22)19-6-5-18-13(4)21/h7-9H,5-6H2,1-4H3,(H,18,21)(H,19,22). The van der Waals surface area contributed by atoms with Crippen LogP contribution in [0.5, 0.6) is 0 Å². The first-order valence-electron chi connectivity index (χ1n) is 7.29. The van der Waals surface area contributed by atoms with Crippen molar-refractivity contribution in [3.63, 3.8) is 0 Å². The molecule has 1 aromatic heterocycles. The number of aryl methyl sites for hydroxylation is 3. The molecule has 0 fully saturated rings. The number of nitrogens with one attached hydrogen (secondary N) is 2. The van der Waals surface area contributed by atoms with E-state index in [1.54, 1.807) is 6.07 Å². The molecule has 116 valence electrons. The number of carbonyl (C=O) groups excluding carboxylic acids is 2. The van der Waals surface area contributed by atoms with Crippen LogP contribution in [-0.4, -0.2) is 29.9 Å². The van der Waals surface area contributed by atoms with Crippen molar-refractivity contribution in [2.75, 3.05) is 13.1 Å². The highest BCUT2D eigenvalue weighted by molar-refractivity contribution is 6.07. The van der Waals surface area contributed by atoms with Crippen molar-refractivity contribution in [3.05, 3.63) is 40.6 Å². The number of rotatable bonds is 4.